The van der Waals surface area contributed by atoms with E-state index in [1.54, 1.807) is 13.3 Å². The Balaban J connectivity index is 2.09. The van der Waals surface area contributed by atoms with Crippen LogP contribution in [0.2, 0.25) is 0 Å². The van der Waals surface area contributed by atoms with Crippen molar-refractivity contribution in [2.45, 2.75) is 19.2 Å². The molecule has 1 atom stereocenters. The monoisotopic (exact) mass is 305 g/mol. The van der Waals surface area contributed by atoms with Gasteiger partial charge in [-0.2, -0.15) is 5.10 Å². The molecule has 2 aromatic rings. The maximum absolute atomic E-state index is 9.49. The zero-order chi connectivity index (χ0) is 15.9. The predicted molar refractivity (Wildman–Crippen MR) is 83.7 cm³/mol. The lowest BCUT2D eigenvalue weighted by Crippen LogP contribution is -2.31. The van der Waals surface area contributed by atoms with E-state index in [1.807, 2.05) is 41.0 Å². The summed E-state index contributed by atoms with van der Waals surface area (Å²) in [5, 5.41) is 22.6. The molecule has 22 heavy (non-hydrogen) atoms. The van der Waals surface area contributed by atoms with Crippen LogP contribution in [0.25, 0.3) is 0 Å². The number of aliphatic hydroxyl groups excluding tert-OH is 2. The fourth-order valence-corrected chi connectivity index (χ4v) is 2.42. The first-order valence-corrected chi connectivity index (χ1v) is 7.23. The van der Waals surface area contributed by atoms with Gasteiger partial charge in [-0.15, -0.1) is 0 Å². The van der Waals surface area contributed by atoms with Gasteiger partial charge >= 0.3 is 0 Å². The molecule has 0 aliphatic carbocycles. The summed E-state index contributed by atoms with van der Waals surface area (Å²) in [5.41, 5.74) is 2.18. The van der Waals surface area contributed by atoms with Crippen LogP contribution in [0.5, 0.6) is 5.75 Å². The third kappa shape index (κ3) is 4.56. The zero-order valence-corrected chi connectivity index (χ0v) is 13.0. The van der Waals surface area contributed by atoms with E-state index in [0.29, 0.717) is 19.6 Å². The van der Waals surface area contributed by atoms with E-state index in [2.05, 4.69) is 11.2 Å². The smallest absolute Gasteiger partial charge is 0.123 e. The van der Waals surface area contributed by atoms with Crippen LogP contribution in [0.1, 0.15) is 11.1 Å². The van der Waals surface area contributed by atoms with E-state index in [1.165, 1.54) is 0 Å². The minimum absolute atomic E-state index is 0.225. The molecule has 2 rings (SSSR count). The van der Waals surface area contributed by atoms with Crippen LogP contribution < -0.4 is 4.74 Å². The maximum atomic E-state index is 9.49. The molecule has 120 valence electrons. The van der Waals surface area contributed by atoms with Crippen LogP contribution in [0, 0.1) is 0 Å². The Hall–Kier alpha value is -1.89. The van der Waals surface area contributed by atoms with Gasteiger partial charge in [-0.3, -0.25) is 9.58 Å². The van der Waals surface area contributed by atoms with Gasteiger partial charge in [0.05, 0.1) is 26.4 Å². The lowest BCUT2D eigenvalue weighted by Gasteiger charge is -2.20. The van der Waals surface area contributed by atoms with E-state index < -0.39 is 6.10 Å². The molecule has 6 heteroatoms. The van der Waals surface area contributed by atoms with Crippen LogP contribution in [-0.2, 0) is 13.1 Å². The largest absolute Gasteiger partial charge is 0.496 e. The van der Waals surface area contributed by atoms with Crippen LogP contribution in [0.4, 0.5) is 0 Å². The summed E-state index contributed by atoms with van der Waals surface area (Å²) in [6.07, 6.45) is 2.95. The minimum atomic E-state index is -0.716. The van der Waals surface area contributed by atoms with Gasteiger partial charge in [-0.1, -0.05) is 6.07 Å². The summed E-state index contributed by atoms with van der Waals surface area (Å²) >= 11 is 0. The van der Waals surface area contributed by atoms with Crippen molar-refractivity contribution in [1.29, 1.82) is 0 Å². The lowest BCUT2D eigenvalue weighted by atomic mass is 10.1. The molecule has 6 nitrogen and oxygen atoms in total. The fourth-order valence-electron chi connectivity index (χ4n) is 2.42. The minimum Gasteiger partial charge on any atom is -0.496 e. The van der Waals surface area contributed by atoms with Crippen molar-refractivity contribution < 1.29 is 14.9 Å². The van der Waals surface area contributed by atoms with E-state index in [9.17, 15) is 5.11 Å². The highest BCUT2D eigenvalue weighted by molar-refractivity contribution is 5.37. The quantitative estimate of drug-likeness (QED) is 0.752. The van der Waals surface area contributed by atoms with Gasteiger partial charge in [0, 0.05) is 31.0 Å². The van der Waals surface area contributed by atoms with Gasteiger partial charge in [0.15, 0.2) is 0 Å². The molecule has 1 aromatic carbocycles. The van der Waals surface area contributed by atoms with E-state index in [0.717, 1.165) is 16.9 Å². The van der Waals surface area contributed by atoms with Crippen molar-refractivity contribution in [3.63, 3.8) is 0 Å². The molecular weight excluding hydrogens is 282 g/mol. The second-order valence-electron chi connectivity index (χ2n) is 5.38. The highest BCUT2D eigenvalue weighted by Gasteiger charge is 2.10. The molecule has 0 spiro atoms. The van der Waals surface area contributed by atoms with Crippen molar-refractivity contribution in [3.05, 3.63) is 47.8 Å². The predicted octanol–water partition coefficient (Wildman–Crippen LogP) is 0.725. The number of aromatic nitrogens is 2. The van der Waals surface area contributed by atoms with Crippen molar-refractivity contribution >= 4 is 0 Å². The molecule has 0 radical (unpaired) electrons. The van der Waals surface area contributed by atoms with Crippen molar-refractivity contribution in [3.8, 4) is 5.75 Å². The standard InChI is InChI=1S/C16H23N3O3/c1-18(11-15(21)12-20)9-13-4-5-16(22-2)14(8-13)10-19-7-3-6-17-19/h3-8,15,20-21H,9-12H2,1-2H3/t15-/m0/s1. The average molecular weight is 305 g/mol. The van der Waals surface area contributed by atoms with Gasteiger partial charge in [-0.25, -0.2) is 0 Å². The molecule has 0 aliphatic rings. The maximum Gasteiger partial charge on any atom is 0.123 e. The summed E-state index contributed by atoms with van der Waals surface area (Å²) < 4.78 is 7.26. The molecule has 0 saturated carbocycles. The molecule has 2 N–H and O–H groups in total. The number of nitrogens with zero attached hydrogens (tertiary/aromatic N) is 3. The van der Waals surface area contributed by atoms with E-state index in [-0.39, 0.29) is 6.61 Å². The Kier molecular flexibility index (Phi) is 5.94. The van der Waals surface area contributed by atoms with Crippen molar-refractivity contribution in [2.24, 2.45) is 0 Å². The number of ether oxygens (including phenoxy) is 1. The second kappa shape index (κ2) is 7.93. The van der Waals surface area contributed by atoms with Crippen LogP contribution >= 0.6 is 0 Å². The van der Waals surface area contributed by atoms with Gasteiger partial charge in [0.1, 0.15) is 5.75 Å². The van der Waals surface area contributed by atoms with Crippen molar-refractivity contribution in [1.82, 2.24) is 14.7 Å². The SMILES string of the molecule is COc1ccc(CN(C)C[C@H](O)CO)cc1Cn1cccn1. The molecular formula is C16H23N3O3. The Morgan fingerprint density at radius 3 is 2.86 bits per heavy atom. The normalized spacial score (nSPS) is 12.6. The van der Waals surface area contributed by atoms with Crippen molar-refractivity contribution in [2.75, 3.05) is 27.3 Å². The first kappa shape index (κ1) is 16.5. The third-order valence-electron chi connectivity index (χ3n) is 3.42. The van der Waals surface area contributed by atoms with Crippen LogP contribution in [0.15, 0.2) is 36.7 Å². The average Bonchev–Trinajstić information content (AvgIpc) is 3.00. The number of rotatable bonds is 8. The van der Waals surface area contributed by atoms with E-state index >= 15 is 0 Å². The number of aliphatic hydroxyl groups is 2. The van der Waals surface area contributed by atoms with Crippen LogP contribution in [0.3, 0.4) is 0 Å². The molecule has 0 unspecified atom stereocenters. The van der Waals surface area contributed by atoms with Gasteiger partial charge in [-0.05, 0) is 30.8 Å². The number of benzene rings is 1. The highest BCUT2D eigenvalue weighted by atomic mass is 16.5. The summed E-state index contributed by atoms with van der Waals surface area (Å²) in [7, 11) is 3.57. The first-order chi connectivity index (χ1) is 10.6. The second-order valence-corrected chi connectivity index (χ2v) is 5.38. The molecule has 0 amide bonds. The number of hydrogen-bond donors (Lipinski definition) is 2. The number of hydrogen-bond acceptors (Lipinski definition) is 5. The zero-order valence-electron chi connectivity index (χ0n) is 13.0. The number of likely N-dealkylation sites (N-methyl/N-ethyl adjacent to an activating group) is 1. The van der Waals surface area contributed by atoms with Gasteiger partial charge in [0.25, 0.3) is 0 Å². The topological polar surface area (TPSA) is 70.8 Å². The Morgan fingerprint density at radius 2 is 2.23 bits per heavy atom. The van der Waals surface area contributed by atoms with Gasteiger partial charge < -0.3 is 14.9 Å². The summed E-state index contributed by atoms with van der Waals surface area (Å²) in [4.78, 5) is 1.97. The Bertz CT molecular complexity index is 572. The number of methoxy groups -OCH3 is 1. The molecule has 0 aliphatic heterocycles. The molecule has 0 saturated heterocycles. The lowest BCUT2D eigenvalue weighted by molar-refractivity contribution is 0.0648. The third-order valence-corrected chi connectivity index (χ3v) is 3.42. The first-order valence-electron chi connectivity index (χ1n) is 7.23. The summed E-state index contributed by atoms with van der Waals surface area (Å²) in [5.74, 6) is 0.831. The molecule has 1 heterocycles. The summed E-state index contributed by atoms with van der Waals surface area (Å²) in [6.45, 7) is 1.54. The molecule has 1 aromatic heterocycles. The Morgan fingerprint density at radius 1 is 1.41 bits per heavy atom. The molecule has 0 bridgehead atoms. The van der Waals surface area contributed by atoms with Crippen LogP contribution in [-0.4, -0.2) is 58.3 Å². The molecule has 0 fully saturated rings. The van der Waals surface area contributed by atoms with E-state index in [4.69, 9.17) is 9.84 Å². The Labute approximate surface area is 130 Å². The van der Waals surface area contributed by atoms with Gasteiger partial charge in [0.2, 0.25) is 0 Å². The summed E-state index contributed by atoms with van der Waals surface area (Å²) in [6, 6.07) is 7.93. The fraction of sp³-hybridized carbons (Fsp3) is 0.438. The highest BCUT2D eigenvalue weighted by Crippen LogP contribution is 2.21.